The maximum atomic E-state index is 12.1. The first kappa shape index (κ1) is 16.3. The van der Waals surface area contributed by atoms with E-state index < -0.39 is 12.0 Å². The van der Waals surface area contributed by atoms with Gasteiger partial charge in [-0.15, -0.1) is 0 Å². The molecule has 0 unspecified atom stereocenters. The van der Waals surface area contributed by atoms with Crippen LogP contribution in [-0.2, 0) is 16.0 Å². The summed E-state index contributed by atoms with van der Waals surface area (Å²) >= 11 is 0. The van der Waals surface area contributed by atoms with Crippen LogP contribution in [0.1, 0.15) is 37.7 Å². The van der Waals surface area contributed by atoms with Gasteiger partial charge in [0.1, 0.15) is 6.04 Å². The van der Waals surface area contributed by atoms with Crippen LogP contribution in [0.15, 0.2) is 30.3 Å². The maximum Gasteiger partial charge on any atom is 0.328 e. The van der Waals surface area contributed by atoms with Gasteiger partial charge in [0.15, 0.2) is 0 Å². The number of hydrogen-bond donors (Lipinski definition) is 2. The van der Waals surface area contributed by atoms with Crippen molar-refractivity contribution < 1.29 is 14.3 Å². The predicted octanol–water partition coefficient (Wildman–Crippen LogP) is 2.40. The highest BCUT2D eigenvalue weighted by Crippen LogP contribution is 2.17. The number of hydrogen-bond acceptors (Lipinski definition) is 3. The highest BCUT2D eigenvalue weighted by molar-refractivity contribution is 5.83. The zero-order valence-corrected chi connectivity index (χ0v) is 13.0. The van der Waals surface area contributed by atoms with Crippen molar-refractivity contribution in [1.82, 2.24) is 10.6 Å². The molecule has 0 spiro atoms. The van der Waals surface area contributed by atoms with Gasteiger partial charge in [0.2, 0.25) is 0 Å². The molecule has 0 heterocycles. The van der Waals surface area contributed by atoms with E-state index in [0.29, 0.717) is 6.42 Å². The van der Waals surface area contributed by atoms with Crippen LogP contribution >= 0.6 is 0 Å². The number of urea groups is 1. The number of benzene rings is 1. The summed E-state index contributed by atoms with van der Waals surface area (Å²) in [6.07, 6.45) is 5.97. The molecule has 2 N–H and O–H groups in total. The average Bonchev–Trinajstić information content (AvgIpc) is 2.55. The van der Waals surface area contributed by atoms with Gasteiger partial charge in [0, 0.05) is 12.5 Å². The van der Waals surface area contributed by atoms with Crippen LogP contribution in [0.3, 0.4) is 0 Å². The molecule has 120 valence electrons. The third-order valence-electron chi connectivity index (χ3n) is 4.01. The lowest BCUT2D eigenvalue weighted by Crippen LogP contribution is -2.50. The minimum Gasteiger partial charge on any atom is -0.467 e. The smallest absolute Gasteiger partial charge is 0.328 e. The van der Waals surface area contributed by atoms with E-state index in [4.69, 9.17) is 4.74 Å². The quantitative estimate of drug-likeness (QED) is 0.821. The number of carbonyl (C=O) groups excluding carboxylic acids is 2. The minimum absolute atomic E-state index is 0.212. The van der Waals surface area contributed by atoms with Crippen LogP contribution < -0.4 is 10.6 Å². The van der Waals surface area contributed by atoms with E-state index in [1.54, 1.807) is 0 Å². The molecule has 1 aromatic rings. The van der Waals surface area contributed by atoms with Crippen LogP contribution in [0.4, 0.5) is 4.79 Å². The fourth-order valence-corrected chi connectivity index (χ4v) is 2.82. The van der Waals surface area contributed by atoms with E-state index in [1.807, 2.05) is 30.3 Å². The summed E-state index contributed by atoms with van der Waals surface area (Å²) in [4.78, 5) is 24.0. The van der Waals surface area contributed by atoms with Gasteiger partial charge in [-0.2, -0.15) is 0 Å². The standard InChI is InChI=1S/C17H24N2O3/c1-22-16(20)15(12-13-8-4-2-5-9-13)19-17(21)18-14-10-6-3-7-11-14/h2,4-5,8-9,14-15H,3,6-7,10-12H2,1H3,(H2,18,19,21)/t15-/m1/s1. The molecule has 1 atom stereocenters. The van der Waals surface area contributed by atoms with Crippen LogP contribution in [0.25, 0.3) is 0 Å². The number of ether oxygens (including phenoxy) is 1. The third-order valence-corrected chi connectivity index (χ3v) is 4.01. The van der Waals surface area contributed by atoms with Gasteiger partial charge in [0.05, 0.1) is 7.11 Å². The van der Waals surface area contributed by atoms with Crippen LogP contribution in [0.2, 0.25) is 0 Å². The number of carbonyl (C=O) groups is 2. The molecule has 0 saturated heterocycles. The second-order valence-electron chi connectivity index (χ2n) is 5.72. The molecular formula is C17H24N2O3. The Hall–Kier alpha value is -2.04. The highest BCUT2D eigenvalue weighted by Gasteiger charge is 2.23. The molecule has 1 aliphatic carbocycles. The molecule has 0 aromatic heterocycles. The van der Waals surface area contributed by atoms with Crippen LogP contribution in [-0.4, -0.2) is 31.2 Å². The average molecular weight is 304 g/mol. The monoisotopic (exact) mass is 304 g/mol. The summed E-state index contributed by atoms with van der Waals surface area (Å²) in [5.41, 5.74) is 0.982. The molecule has 22 heavy (non-hydrogen) atoms. The minimum atomic E-state index is -0.670. The van der Waals surface area contributed by atoms with E-state index in [-0.39, 0.29) is 12.1 Å². The lowest BCUT2D eigenvalue weighted by atomic mass is 9.96. The molecule has 1 aromatic carbocycles. The van der Waals surface area contributed by atoms with Gasteiger partial charge in [-0.1, -0.05) is 49.6 Å². The number of methoxy groups -OCH3 is 1. The van der Waals surface area contributed by atoms with Gasteiger partial charge < -0.3 is 15.4 Å². The third kappa shape index (κ3) is 5.06. The normalized spacial score (nSPS) is 16.6. The molecular weight excluding hydrogens is 280 g/mol. The topological polar surface area (TPSA) is 67.4 Å². The lowest BCUT2D eigenvalue weighted by molar-refractivity contribution is -0.142. The fraction of sp³-hybridized carbons (Fsp3) is 0.529. The van der Waals surface area contributed by atoms with E-state index in [1.165, 1.54) is 13.5 Å². The predicted molar refractivity (Wildman–Crippen MR) is 84.5 cm³/mol. The van der Waals surface area contributed by atoms with E-state index in [9.17, 15) is 9.59 Å². The Morgan fingerprint density at radius 1 is 1.18 bits per heavy atom. The maximum absolute atomic E-state index is 12.1. The van der Waals surface area contributed by atoms with Crippen molar-refractivity contribution in [3.05, 3.63) is 35.9 Å². The molecule has 5 heteroatoms. The van der Waals surface area contributed by atoms with Gasteiger partial charge in [-0.25, -0.2) is 9.59 Å². The van der Waals surface area contributed by atoms with E-state index >= 15 is 0 Å². The number of amides is 2. The van der Waals surface area contributed by atoms with Crippen molar-refractivity contribution in [2.75, 3.05) is 7.11 Å². The molecule has 0 bridgehead atoms. The van der Waals surface area contributed by atoms with E-state index in [0.717, 1.165) is 31.2 Å². The van der Waals surface area contributed by atoms with Crippen LogP contribution in [0, 0.1) is 0 Å². The van der Waals surface area contributed by atoms with Crippen molar-refractivity contribution in [1.29, 1.82) is 0 Å². The lowest BCUT2D eigenvalue weighted by Gasteiger charge is -2.24. The largest absolute Gasteiger partial charge is 0.467 e. The van der Waals surface area contributed by atoms with Crippen molar-refractivity contribution in [2.45, 2.75) is 50.6 Å². The summed E-state index contributed by atoms with van der Waals surface area (Å²) in [5.74, 6) is -0.428. The van der Waals surface area contributed by atoms with Crippen molar-refractivity contribution in [2.24, 2.45) is 0 Å². The van der Waals surface area contributed by atoms with Crippen molar-refractivity contribution in [3.63, 3.8) is 0 Å². The molecule has 0 aliphatic heterocycles. The molecule has 0 radical (unpaired) electrons. The first-order valence-electron chi connectivity index (χ1n) is 7.88. The number of rotatable bonds is 5. The summed E-state index contributed by atoms with van der Waals surface area (Å²) in [6.45, 7) is 0. The zero-order chi connectivity index (χ0) is 15.8. The fourth-order valence-electron chi connectivity index (χ4n) is 2.82. The Morgan fingerprint density at radius 3 is 2.50 bits per heavy atom. The van der Waals surface area contributed by atoms with Gasteiger partial charge in [-0.3, -0.25) is 0 Å². The second kappa shape index (κ2) is 8.41. The van der Waals surface area contributed by atoms with E-state index in [2.05, 4.69) is 10.6 Å². The molecule has 2 amide bonds. The molecule has 2 rings (SSSR count). The SMILES string of the molecule is COC(=O)[C@@H](Cc1ccccc1)NC(=O)NC1CCCCC1. The number of esters is 1. The Morgan fingerprint density at radius 2 is 1.86 bits per heavy atom. The molecule has 1 saturated carbocycles. The van der Waals surface area contributed by atoms with Crippen molar-refractivity contribution in [3.8, 4) is 0 Å². The summed E-state index contributed by atoms with van der Waals surface area (Å²) in [5, 5.41) is 5.70. The molecule has 1 aliphatic rings. The van der Waals surface area contributed by atoms with Crippen molar-refractivity contribution >= 4 is 12.0 Å². The van der Waals surface area contributed by atoms with Crippen LogP contribution in [0.5, 0.6) is 0 Å². The van der Waals surface area contributed by atoms with Gasteiger partial charge in [-0.05, 0) is 18.4 Å². The van der Waals surface area contributed by atoms with Gasteiger partial charge in [0.25, 0.3) is 0 Å². The number of nitrogens with one attached hydrogen (secondary N) is 2. The van der Waals surface area contributed by atoms with Gasteiger partial charge >= 0.3 is 12.0 Å². The molecule has 5 nitrogen and oxygen atoms in total. The summed E-state index contributed by atoms with van der Waals surface area (Å²) in [6, 6.07) is 8.84. The first-order chi connectivity index (χ1) is 10.7. The first-order valence-corrected chi connectivity index (χ1v) is 7.88. The zero-order valence-electron chi connectivity index (χ0n) is 13.0. The summed E-state index contributed by atoms with van der Waals surface area (Å²) in [7, 11) is 1.33. The highest BCUT2D eigenvalue weighted by atomic mass is 16.5. The summed E-state index contributed by atoms with van der Waals surface area (Å²) < 4.78 is 4.79. The Balaban J connectivity index is 1.91. The second-order valence-corrected chi connectivity index (χ2v) is 5.72. The Labute approximate surface area is 131 Å². The molecule has 1 fully saturated rings. The Bertz CT molecular complexity index is 484. The Kier molecular flexibility index (Phi) is 6.25.